The number of ether oxygens (including phenoxy) is 2. The molecule has 2 rings (SSSR count). The van der Waals surface area contributed by atoms with Crippen molar-refractivity contribution in [3.8, 4) is 0 Å². The first-order valence-electron chi connectivity index (χ1n) is 4.74. The van der Waals surface area contributed by atoms with Crippen LogP contribution in [0.15, 0.2) is 12.3 Å². The first kappa shape index (κ1) is 11.3. The molecule has 2 heterocycles. The van der Waals surface area contributed by atoms with Crippen molar-refractivity contribution >= 4 is 23.5 Å². The Hall–Kier alpha value is -1.24. The number of carbonyl (C=O) groups is 1. The van der Waals surface area contributed by atoms with Crippen LogP contribution in [0.2, 0.25) is 5.15 Å². The Morgan fingerprint density at radius 3 is 3.12 bits per heavy atom. The van der Waals surface area contributed by atoms with Gasteiger partial charge in [0.25, 0.3) is 5.91 Å². The predicted octanol–water partition coefficient (Wildman–Crippen LogP) is 0.484. The van der Waals surface area contributed by atoms with Crippen LogP contribution in [-0.2, 0) is 14.3 Å². The lowest BCUT2D eigenvalue weighted by Crippen LogP contribution is -2.39. The van der Waals surface area contributed by atoms with Crippen molar-refractivity contribution in [2.45, 2.75) is 6.10 Å². The van der Waals surface area contributed by atoms with Crippen molar-refractivity contribution < 1.29 is 14.3 Å². The molecule has 1 unspecified atom stereocenters. The van der Waals surface area contributed by atoms with Gasteiger partial charge in [-0.1, -0.05) is 11.6 Å². The zero-order valence-corrected chi connectivity index (χ0v) is 9.11. The quantitative estimate of drug-likeness (QED) is 0.765. The SMILES string of the molecule is O=C(Nc1nccc(Cl)n1)C1COCCO1. The molecule has 1 aromatic rings. The molecular formula is C9H10ClN3O3. The number of nitrogens with one attached hydrogen (secondary N) is 1. The fourth-order valence-corrected chi connectivity index (χ4v) is 1.36. The van der Waals surface area contributed by atoms with Gasteiger partial charge in [-0.15, -0.1) is 0 Å². The molecule has 6 nitrogen and oxygen atoms in total. The van der Waals surface area contributed by atoms with E-state index in [-0.39, 0.29) is 23.6 Å². The van der Waals surface area contributed by atoms with Gasteiger partial charge in [-0.3, -0.25) is 10.1 Å². The lowest BCUT2D eigenvalue weighted by atomic mass is 10.3. The highest BCUT2D eigenvalue weighted by atomic mass is 35.5. The van der Waals surface area contributed by atoms with Crippen LogP contribution in [0.4, 0.5) is 5.95 Å². The molecule has 86 valence electrons. The molecule has 1 aromatic heterocycles. The number of hydrogen-bond acceptors (Lipinski definition) is 5. The van der Waals surface area contributed by atoms with Gasteiger partial charge in [-0.25, -0.2) is 9.97 Å². The fourth-order valence-electron chi connectivity index (χ4n) is 1.23. The van der Waals surface area contributed by atoms with Crippen molar-refractivity contribution in [1.82, 2.24) is 9.97 Å². The second kappa shape index (κ2) is 5.20. The molecule has 1 aliphatic heterocycles. The minimum Gasteiger partial charge on any atom is -0.376 e. The fraction of sp³-hybridized carbons (Fsp3) is 0.444. The molecule has 1 fully saturated rings. The summed E-state index contributed by atoms with van der Waals surface area (Å²) in [5.74, 6) is -0.173. The third kappa shape index (κ3) is 2.88. The number of aromatic nitrogens is 2. The molecule has 0 aliphatic carbocycles. The van der Waals surface area contributed by atoms with E-state index in [2.05, 4.69) is 15.3 Å². The Morgan fingerprint density at radius 2 is 2.44 bits per heavy atom. The highest BCUT2D eigenvalue weighted by molar-refractivity contribution is 6.29. The van der Waals surface area contributed by atoms with Gasteiger partial charge < -0.3 is 9.47 Å². The first-order valence-corrected chi connectivity index (χ1v) is 5.12. The van der Waals surface area contributed by atoms with Gasteiger partial charge in [-0.05, 0) is 6.07 Å². The highest BCUT2D eigenvalue weighted by Crippen LogP contribution is 2.08. The van der Waals surface area contributed by atoms with E-state index in [1.807, 2.05) is 0 Å². The van der Waals surface area contributed by atoms with Gasteiger partial charge in [0.2, 0.25) is 5.95 Å². The number of carbonyl (C=O) groups excluding carboxylic acids is 1. The van der Waals surface area contributed by atoms with Crippen LogP contribution in [0.25, 0.3) is 0 Å². The summed E-state index contributed by atoms with van der Waals surface area (Å²) in [7, 11) is 0. The van der Waals surface area contributed by atoms with Crippen molar-refractivity contribution in [2.24, 2.45) is 0 Å². The summed E-state index contributed by atoms with van der Waals surface area (Å²) in [6, 6.07) is 1.53. The minimum atomic E-state index is -0.615. The summed E-state index contributed by atoms with van der Waals surface area (Å²) in [5, 5.41) is 2.77. The molecule has 1 saturated heterocycles. The summed E-state index contributed by atoms with van der Waals surface area (Å²) in [6.45, 7) is 1.17. The third-order valence-corrected chi connectivity index (χ3v) is 2.18. The molecule has 0 saturated carbocycles. The standard InChI is InChI=1S/C9H10ClN3O3/c10-7-1-2-11-9(12-7)13-8(14)6-5-15-3-4-16-6/h1-2,6H,3-5H2,(H,11,12,13,14). The van der Waals surface area contributed by atoms with E-state index in [1.54, 1.807) is 0 Å². The van der Waals surface area contributed by atoms with E-state index in [0.29, 0.717) is 13.2 Å². The average Bonchev–Trinajstić information content (AvgIpc) is 2.30. The molecule has 1 amide bonds. The Kier molecular flexibility index (Phi) is 3.66. The van der Waals surface area contributed by atoms with E-state index in [4.69, 9.17) is 21.1 Å². The number of halogens is 1. The Morgan fingerprint density at radius 1 is 1.56 bits per heavy atom. The van der Waals surface area contributed by atoms with Crippen molar-refractivity contribution in [3.05, 3.63) is 17.4 Å². The predicted molar refractivity (Wildman–Crippen MR) is 56.2 cm³/mol. The number of nitrogens with zero attached hydrogens (tertiary/aromatic N) is 2. The molecule has 1 N–H and O–H groups in total. The largest absolute Gasteiger partial charge is 0.376 e. The monoisotopic (exact) mass is 243 g/mol. The first-order chi connectivity index (χ1) is 7.75. The highest BCUT2D eigenvalue weighted by Gasteiger charge is 2.23. The van der Waals surface area contributed by atoms with Crippen LogP contribution >= 0.6 is 11.6 Å². The summed E-state index contributed by atoms with van der Waals surface area (Å²) in [6.07, 6.45) is 0.847. The average molecular weight is 244 g/mol. The van der Waals surface area contributed by atoms with Crippen LogP contribution in [0, 0.1) is 0 Å². The smallest absolute Gasteiger partial charge is 0.258 e. The topological polar surface area (TPSA) is 73.3 Å². The second-order valence-electron chi connectivity index (χ2n) is 3.13. The maximum absolute atomic E-state index is 11.6. The van der Waals surface area contributed by atoms with Gasteiger partial charge >= 0.3 is 0 Å². The molecule has 1 aliphatic rings. The number of rotatable bonds is 2. The lowest BCUT2D eigenvalue weighted by molar-refractivity contribution is -0.142. The molecular weight excluding hydrogens is 234 g/mol. The van der Waals surface area contributed by atoms with Crippen LogP contribution in [0.1, 0.15) is 0 Å². The van der Waals surface area contributed by atoms with Crippen molar-refractivity contribution in [2.75, 3.05) is 25.1 Å². The van der Waals surface area contributed by atoms with E-state index in [9.17, 15) is 4.79 Å². The van der Waals surface area contributed by atoms with Crippen LogP contribution in [0.5, 0.6) is 0 Å². The number of hydrogen-bond donors (Lipinski definition) is 1. The van der Waals surface area contributed by atoms with Gasteiger partial charge in [0, 0.05) is 6.20 Å². The van der Waals surface area contributed by atoms with Crippen LogP contribution in [0.3, 0.4) is 0 Å². The zero-order valence-electron chi connectivity index (χ0n) is 8.35. The van der Waals surface area contributed by atoms with Crippen molar-refractivity contribution in [1.29, 1.82) is 0 Å². The summed E-state index contributed by atoms with van der Waals surface area (Å²) >= 11 is 5.66. The lowest BCUT2D eigenvalue weighted by Gasteiger charge is -2.21. The minimum absolute atomic E-state index is 0.159. The van der Waals surface area contributed by atoms with E-state index in [0.717, 1.165) is 0 Å². The zero-order chi connectivity index (χ0) is 11.4. The molecule has 0 radical (unpaired) electrons. The normalized spacial score (nSPS) is 20.4. The molecule has 7 heteroatoms. The van der Waals surface area contributed by atoms with E-state index >= 15 is 0 Å². The third-order valence-electron chi connectivity index (χ3n) is 1.96. The van der Waals surface area contributed by atoms with Gasteiger partial charge in [0.1, 0.15) is 5.15 Å². The molecule has 0 spiro atoms. The Bertz CT molecular complexity index is 382. The molecule has 0 aromatic carbocycles. The van der Waals surface area contributed by atoms with Gasteiger partial charge in [0.15, 0.2) is 6.10 Å². The Balaban J connectivity index is 1.96. The molecule has 0 bridgehead atoms. The van der Waals surface area contributed by atoms with Crippen molar-refractivity contribution in [3.63, 3.8) is 0 Å². The van der Waals surface area contributed by atoms with Crippen LogP contribution in [-0.4, -0.2) is 41.8 Å². The maximum atomic E-state index is 11.6. The summed E-state index contributed by atoms with van der Waals surface area (Å²) < 4.78 is 10.3. The Labute approximate surface area is 96.9 Å². The van der Waals surface area contributed by atoms with Gasteiger partial charge in [-0.2, -0.15) is 0 Å². The number of anilines is 1. The van der Waals surface area contributed by atoms with E-state index < -0.39 is 6.10 Å². The summed E-state index contributed by atoms with van der Waals surface area (Å²) in [4.78, 5) is 19.3. The van der Waals surface area contributed by atoms with Crippen LogP contribution < -0.4 is 5.32 Å². The number of amides is 1. The molecule has 16 heavy (non-hydrogen) atoms. The van der Waals surface area contributed by atoms with E-state index in [1.165, 1.54) is 12.3 Å². The summed E-state index contributed by atoms with van der Waals surface area (Å²) in [5.41, 5.74) is 0. The van der Waals surface area contributed by atoms with Gasteiger partial charge in [0.05, 0.1) is 19.8 Å². The second-order valence-corrected chi connectivity index (χ2v) is 3.51. The molecule has 1 atom stereocenters. The maximum Gasteiger partial charge on any atom is 0.258 e.